The molecule has 5 nitrogen and oxygen atoms in total. The predicted octanol–water partition coefficient (Wildman–Crippen LogP) is 4.14. The fraction of sp³-hybridized carbons (Fsp3) is 0.300. The van der Waals surface area contributed by atoms with Gasteiger partial charge in [0, 0.05) is 10.7 Å². The van der Waals surface area contributed by atoms with E-state index in [0.29, 0.717) is 16.5 Å². The van der Waals surface area contributed by atoms with Crippen LogP contribution < -0.4 is 15.0 Å². The minimum absolute atomic E-state index is 0.0937. The number of hydrogen-bond acceptors (Lipinski definition) is 3. The van der Waals surface area contributed by atoms with Crippen molar-refractivity contribution in [2.45, 2.75) is 26.7 Å². The fourth-order valence-electron chi connectivity index (χ4n) is 3.01. The lowest BCUT2D eigenvalue weighted by atomic mass is 9.98. The van der Waals surface area contributed by atoms with Crippen LogP contribution in [0.5, 0.6) is 5.75 Å². The number of anilines is 2. The molecule has 0 saturated heterocycles. The lowest BCUT2D eigenvalue weighted by Gasteiger charge is -2.29. The lowest BCUT2D eigenvalue weighted by molar-refractivity contribution is -0.123. The third-order valence-corrected chi connectivity index (χ3v) is 4.59. The second kappa shape index (κ2) is 7.38. The number of amides is 2. The highest BCUT2D eigenvalue weighted by Crippen LogP contribution is 2.34. The number of fused-ring (bicyclic) bond motifs is 1. The van der Waals surface area contributed by atoms with E-state index in [-0.39, 0.29) is 30.9 Å². The van der Waals surface area contributed by atoms with Crippen LogP contribution in [0, 0.1) is 6.92 Å². The van der Waals surface area contributed by atoms with Gasteiger partial charge in [0.2, 0.25) is 5.91 Å². The molecule has 0 unspecified atom stereocenters. The summed E-state index contributed by atoms with van der Waals surface area (Å²) in [6, 6.07) is 11.0. The first-order valence-corrected chi connectivity index (χ1v) is 8.86. The molecule has 0 bridgehead atoms. The quantitative estimate of drug-likeness (QED) is 0.877. The number of hydrogen-bond donors (Lipinski definition) is 1. The molecule has 1 heterocycles. The summed E-state index contributed by atoms with van der Waals surface area (Å²) >= 11 is 6.04. The third-order valence-electron chi connectivity index (χ3n) is 4.36. The Balaban J connectivity index is 1.84. The van der Waals surface area contributed by atoms with E-state index in [0.717, 1.165) is 16.8 Å². The lowest BCUT2D eigenvalue weighted by Crippen LogP contribution is -2.43. The zero-order valence-electron chi connectivity index (χ0n) is 15.0. The van der Waals surface area contributed by atoms with Crippen molar-refractivity contribution in [3.05, 3.63) is 52.5 Å². The minimum Gasteiger partial charge on any atom is -0.482 e. The van der Waals surface area contributed by atoms with Gasteiger partial charge in [0.05, 0.1) is 5.69 Å². The van der Waals surface area contributed by atoms with Crippen molar-refractivity contribution in [1.82, 2.24) is 0 Å². The topological polar surface area (TPSA) is 58.6 Å². The average Bonchev–Trinajstić information content (AvgIpc) is 2.59. The number of para-hydroxylation sites is 1. The van der Waals surface area contributed by atoms with Crippen molar-refractivity contribution in [1.29, 1.82) is 0 Å². The van der Waals surface area contributed by atoms with Crippen molar-refractivity contribution in [2.24, 2.45) is 0 Å². The van der Waals surface area contributed by atoms with Crippen molar-refractivity contribution in [3.63, 3.8) is 0 Å². The van der Waals surface area contributed by atoms with E-state index in [1.807, 2.05) is 25.1 Å². The Bertz CT molecular complexity index is 864. The van der Waals surface area contributed by atoms with E-state index < -0.39 is 0 Å². The van der Waals surface area contributed by atoms with Gasteiger partial charge in [-0.2, -0.15) is 0 Å². The van der Waals surface area contributed by atoms with Crippen LogP contribution in [0.3, 0.4) is 0 Å². The van der Waals surface area contributed by atoms with Crippen LogP contribution in [0.1, 0.15) is 30.9 Å². The number of carbonyl (C=O) groups is 2. The van der Waals surface area contributed by atoms with Gasteiger partial charge in [0.1, 0.15) is 12.3 Å². The molecule has 0 saturated carbocycles. The van der Waals surface area contributed by atoms with Gasteiger partial charge in [-0.1, -0.05) is 43.6 Å². The largest absolute Gasteiger partial charge is 0.482 e. The van der Waals surface area contributed by atoms with Crippen LogP contribution in [-0.4, -0.2) is 25.0 Å². The maximum Gasteiger partial charge on any atom is 0.265 e. The van der Waals surface area contributed by atoms with E-state index in [4.69, 9.17) is 16.3 Å². The molecule has 3 rings (SSSR count). The average molecular weight is 373 g/mol. The first kappa shape index (κ1) is 18.3. The number of benzene rings is 2. The van der Waals surface area contributed by atoms with Gasteiger partial charge in [-0.05, 0) is 42.2 Å². The summed E-state index contributed by atoms with van der Waals surface area (Å²) in [7, 11) is 0. The Morgan fingerprint density at radius 2 is 2.08 bits per heavy atom. The molecule has 2 amide bonds. The molecule has 0 aromatic heterocycles. The highest BCUT2D eigenvalue weighted by Gasteiger charge is 2.28. The van der Waals surface area contributed by atoms with Crippen molar-refractivity contribution in [3.8, 4) is 5.75 Å². The van der Waals surface area contributed by atoms with Gasteiger partial charge >= 0.3 is 0 Å². The van der Waals surface area contributed by atoms with E-state index in [1.54, 1.807) is 18.2 Å². The Labute approximate surface area is 157 Å². The molecule has 0 spiro atoms. The van der Waals surface area contributed by atoms with E-state index in [9.17, 15) is 9.59 Å². The Morgan fingerprint density at radius 1 is 1.31 bits per heavy atom. The van der Waals surface area contributed by atoms with E-state index in [2.05, 4.69) is 19.2 Å². The number of ether oxygens (including phenoxy) is 1. The van der Waals surface area contributed by atoms with Crippen molar-refractivity contribution in [2.75, 3.05) is 23.4 Å². The van der Waals surface area contributed by atoms with Crippen LogP contribution in [0.15, 0.2) is 36.4 Å². The van der Waals surface area contributed by atoms with E-state index >= 15 is 0 Å². The van der Waals surface area contributed by atoms with Crippen LogP contribution in [0.25, 0.3) is 0 Å². The number of carbonyl (C=O) groups excluding carboxylic acids is 2. The van der Waals surface area contributed by atoms with Gasteiger partial charge in [0.15, 0.2) is 6.61 Å². The van der Waals surface area contributed by atoms with Crippen LogP contribution in [-0.2, 0) is 9.59 Å². The molecule has 2 aromatic carbocycles. The number of halogens is 1. The fourth-order valence-corrected chi connectivity index (χ4v) is 3.18. The standard InChI is InChI=1S/C20H21ClN2O3/c1-12(2)15-6-4-5-13(3)20(15)22-18(24)10-23-16-9-14(21)7-8-17(16)26-11-19(23)25/h4-9,12H,10-11H2,1-3H3,(H,22,24). The zero-order chi connectivity index (χ0) is 18.8. The molecule has 0 atom stereocenters. The first-order valence-electron chi connectivity index (χ1n) is 8.49. The molecular weight excluding hydrogens is 352 g/mol. The summed E-state index contributed by atoms with van der Waals surface area (Å²) in [6.07, 6.45) is 0. The zero-order valence-corrected chi connectivity index (χ0v) is 15.8. The molecule has 6 heteroatoms. The summed E-state index contributed by atoms with van der Waals surface area (Å²) in [5.41, 5.74) is 3.37. The van der Waals surface area contributed by atoms with Gasteiger partial charge in [-0.3, -0.25) is 14.5 Å². The maximum atomic E-state index is 12.7. The van der Waals surface area contributed by atoms with E-state index in [1.165, 1.54) is 4.90 Å². The summed E-state index contributed by atoms with van der Waals surface area (Å²) in [5, 5.41) is 3.45. The van der Waals surface area contributed by atoms with Crippen LogP contribution >= 0.6 is 11.6 Å². The van der Waals surface area contributed by atoms with Gasteiger partial charge in [-0.15, -0.1) is 0 Å². The third kappa shape index (κ3) is 3.68. The summed E-state index contributed by atoms with van der Waals surface area (Å²) < 4.78 is 5.41. The summed E-state index contributed by atoms with van der Waals surface area (Å²) in [4.78, 5) is 26.4. The van der Waals surface area contributed by atoms with Gasteiger partial charge in [0.25, 0.3) is 5.91 Å². The smallest absolute Gasteiger partial charge is 0.265 e. The summed E-state index contributed by atoms with van der Waals surface area (Å²) in [5.74, 6) is 0.279. The Kier molecular flexibility index (Phi) is 5.18. The molecule has 0 fully saturated rings. The number of nitrogens with one attached hydrogen (secondary N) is 1. The second-order valence-corrected chi connectivity index (χ2v) is 7.06. The predicted molar refractivity (Wildman–Crippen MR) is 103 cm³/mol. The Hall–Kier alpha value is -2.53. The molecule has 2 aromatic rings. The minimum atomic E-state index is -0.274. The van der Waals surface area contributed by atoms with Gasteiger partial charge < -0.3 is 10.1 Å². The molecule has 1 aliphatic heterocycles. The molecule has 0 aliphatic carbocycles. The highest BCUT2D eigenvalue weighted by atomic mass is 35.5. The van der Waals surface area contributed by atoms with Crippen LogP contribution in [0.2, 0.25) is 5.02 Å². The highest BCUT2D eigenvalue weighted by molar-refractivity contribution is 6.31. The summed E-state index contributed by atoms with van der Waals surface area (Å²) in [6.45, 7) is 5.92. The number of rotatable bonds is 4. The van der Waals surface area contributed by atoms with Crippen molar-refractivity contribution >= 4 is 34.8 Å². The SMILES string of the molecule is Cc1cccc(C(C)C)c1NC(=O)CN1C(=O)COc2ccc(Cl)cc21. The second-order valence-electron chi connectivity index (χ2n) is 6.62. The monoisotopic (exact) mass is 372 g/mol. The molecule has 0 radical (unpaired) electrons. The maximum absolute atomic E-state index is 12.7. The Morgan fingerprint density at radius 3 is 2.81 bits per heavy atom. The molecule has 1 N–H and O–H groups in total. The normalized spacial score (nSPS) is 13.4. The number of nitrogens with zero attached hydrogens (tertiary/aromatic N) is 1. The molecule has 26 heavy (non-hydrogen) atoms. The van der Waals surface area contributed by atoms with Gasteiger partial charge in [-0.25, -0.2) is 0 Å². The molecule has 136 valence electrons. The molecule has 1 aliphatic rings. The number of aryl methyl sites for hydroxylation is 1. The molecular formula is C20H21ClN2O3. The first-order chi connectivity index (χ1) is 12.4. The van der Waals surface area contributed by atoms with Crippen LogP contribution in [0.4, 0.5) is 11.4 Å². The van der Waals surface area contributed by atoms with Crippen molar-refractivity contribution < 1.29 is 14.3 Å².